The quantitative estimate of drug-likeness (QED) is 0.0864. The Morgan fingerprint density at radius 3 is 2.50 bits per heavy atom. The lowest BCUT2D eigenvalue weighted by molar-refractivity contribution is 0.0728. The van der Waals surface area contributed by atoms with Gasteiger partial charge in [0.15, 0.2) is 11.5 Å². The van der Waals surface area contributed by atoms with Gasteiger partial charge in [-0.2, -0.15) is 20.1 Å². The number of hydrogen-bond donors (Lipinski definition) is 2. The number of anilines is 4. The molecular formula is C28H26IN7O4. The van der Waals surface area contributed by atoms with Crippen LogP contribution in [0.1, 0.15) is 15.9 Å². The van der Waals surface area contributed by atoms with Gasteiger partial charge in [-0.3, -0.25) is 0 Å². The van der Waals surface area contributed by atoms with Crippen LogP contribution in [0.5, 0.6) is 11.5 Å². The third-order valence-electron chi connectivity index (χ3n) is 5.81. The molecular weight excluding hydrogens is 625 g/mol. The predicted molar refractivity (Wildman–Crippen MR) is 161 cm³/mol. The molecule has 204 valence electrons. The number of carbonyl (C=O) groups is 1. The lowest BCUT2D eigenvalue weighted by Gasteiger charge is -2.27. The maximum Gasteiger partial charge on any atom is 0.344 e. The second kappa shape index (κ2) is 13.2. The Balaban J connectivity index is 1.31. The summed E-state index contributed by atoms with van der Waals surface area (Å²) in [5, 5.41) is 7.52. The fourth-order valence-electron chi connectivity index (χ4n) is 3.82. The monoisotopic (exact) mass is 651 g/mol. The van der Waals surface area contributed by atoms with E-state index in [1.54, 1.807) is 36.5 Å². The Labute approximate surface area is 244 Å². The standard InChI is InChI=1S/C28H26IN7O4/c1-38-24-17-19(11-12-23(24)40-25(37)21-9-5-6-10-22(21)29)18-30-35-27-32-26(31-20-7-3-2-4-8-20)33-28(34-27)36-13-15-39-16-14-36/h2-12,17-18H,13-16H2,1H3,(H2,31,32,33,34,35)/b30-18-. The molecule has 0 spiro atoms. The highest BCUT2D eigenvalue weighted by Gasteiger charge is 2.17. The molecule has 0 bridgehead atoms. The fourth-order valence-corrected chi connectivity index (χ4v) is 4.43. The summed E-state index contributed by atoms with van der Waals surface area (Å²) in [6, 6.07) is 22.0. The Morgan fingerprint density at radius 1 is 0.975 bits per heavy atom. The first kappa shape index (κ1) is 27.3. The van der Waals surface area contributed by atoms with Crippen LogP contribution in [0.15, 0.2) is 77.9 Å². The van der Waals surface area contributed by atoms with Crippen LogP contribution in [-0.2, 0) is 4.74 Å². The molecule has 0 aliphatic carbocycles. The van der Waals surface area contributed by atoms with Gasteiger partial charge in [-0.25, -0.2) is 10.2 Å². The van der Waals surface area contributed by atoms with Gasteiger partial charge in [0.25, 0.3) is 0 Å². The summed E-state index contributed by atoms with van der Waals surface area (Å²) < 4.78 is 17.3. The van der Waals surface area contributed by atoms with Gasteiger partial charge in [0, 0.05) is 22.3 Å². The number of halogens is 1. The van der Waals surface area contributed by atoms with Crippen LogP contribution in [0.25, 0.3) is 0 Å². The van der Waals surface area contributed by atoms with Gasteiger partial charge in [0.2, 0.25) is 17.8 Å². The van der Waals surface area contributed by atoms with E-state index in [4.69, 9.17) is 14.2 Å². The number of esters is 1. The number of nitrogens with zero attached hydrogens (tertiary/aromatic N) is 5. The molecule has 5 rings (SSSR count). The Hall–Kier alpha value is -4.30. The van der Waals surface area contributed by atoms with Crippen LogP contribution in [0.3, 0.4) is 0 Å². The minimum atomic E-state index is -0.461. The molecule has 0 atom stereocenters. The number of morpholine rings is 1. The van der Waals surface area contributed by atoms with Crippen LogP contribution in [-0.4, -0.2) is 60.5 Å². The smallest absolute Gasteiger partial charge is 0.344 e. The van der Waals surface area contributed by atoms with Crippen LogP contribution < -0.4 is 25.1 Å². The Bertz CT molecular complexity index is 1500. The maximum absolute atomic E-state index is 12.6. The van der Waals surface area contributed by atoms with E-state index in [-0.39, 0.29) is 5.95 Å². The van der Waals surface area contributed by atoms with Crippen molar-refractivity contribution in [2.75, 3.05) is 49.1 Å². The molecule has 1 fully saturated rings. The lowest BCUT2D eigenvalue weighted by atomic mass is 10.2. The number of para-hydroxylation sites is 1. The molecule has 0 saturated carbocycles. The third-order valence-corrected chi connectivity index (χ3v) is 6.75. The molecule has 0 unspecified atom stereocenters. The number of carbonyl (C=O) groups excluding carboxylic acids is 1. The van der Waals surface area contributed by atoms with Gasteiger partial charge < -0.3 is 24.4 Å². The van der Waals surface area contributed by atoms with Gasteiger partial charge in [-0.15, -0.1) is 0 Å². The molecule has 1 saturated heterocycles. The molecule has 1 aromatic heterocycles. The average molecular weight is 651 g/mol. The van der Waals surface area contributed by atoms with Crippen molar-refractivity contribution in [1.29, 1.82) is 0 Å². The highest BCUT2D eigenvalue weighted by atomic mass is 127. The topological polar surface area (TPSA) is 123 Å². The number of nitrogens with one attached hydrogen (secondary N) is 2. The van der Waals surface area contributed by atoms with Gasteiger partial charge >= 0.3 is 5.97 Å². The number of hydrogen-bond acceptors (Lipinski definition) is 11. The molecule has 0 radical (unpaired) electrons. The molecule has 1 aliphatic heterocycles. The van der Waals surface area contributed by atoms with E-state index in [2.05, 4.69) is 53.4 Å². The maximum atomic E-state index is 12.6. The number of methoxy groups -OCH3 is 1. The highest BCUT2D eigenvalue weighted by molar-refractivity contribution is 14.1. The van der Waals surface area contributed by atoms with E-state index >= 15 is 0 Å². The minimum Gasteiger partial charge on any atom is -0.493 e. The van der Waals surface area contributed by atoms with Crippen molar-refractivity contribution in [3.05, 3.63) is 87.5 Å². The van der Waals surface area contributed by atoms with Crippen LogP contribution in [0.4, 0.5) is 23.5 Å². The van der Waals surface area contributed by atoms with Crippen molar-refractivity contribution < 1.29 is 19.0 Å². The summed E-state index contributed by atoms with van der Waals surface area (Å²) in [4.78, 5) is 28.3. The number of ether oxygens (including phenoxy) is 3. The van der Waals surface area contributed by atoms with E-state index in [9.17, 15) is 4.79 Å². The van der Waals surface area contributed by atoms with Crippen molar-refractivity contribution in [1.82, 2.24) is 15.0 Å². The van der Waals surface area contributed by atoms with E-state index in [0.29, 0.717) is 60.8 Å². The van der Waals surface area contributed by atoms with Crippen LogP contribution in [0.2, 0.25) is 0 Å². The van der Waals surface area contributed by atoms with Gasteiger partial charge in [0.1, 0.15) is 0 Å². The highest BCUT2D eigenvalue weighted by Crippen LogP contribution is 2.29. The largest absolute Gasteiger partial charge is 0.493 e. The normalized spacial score (nSPS) is 13.2. The second-order valence-electron chi connectivity index (χ2n) is 8.52. The lowest BCUT2D eigenvalue weighted by Crippen LogP contribution is -2.37. The van der Waals surface area contributed by atoms with Crippen LogP contribution >= 0.6 is 22.6 Å². The first-order chi connectivity index (χ1) is 19.6. The number of rotatable bonds is 9. The molecule has 3 aromatic carbocycles. The molecule has 11 nitrogen and oxygen atoms in total. The molecule has 12 heteroatoms. The zero-order chi connectivity index (χ0) is 27.7. The van der Waals surface area contributed by atoms with Crippen molar-refractivity contribution >= 4 is 58.3 Å². The van der Waals surface area contributed by atoms with E-state index in [0.717, 1.165) is 9.26 Å². The number of benzene rings is 3. The predicted octanol–water partition coefficient (Wildman–Crippen LogP) is 4.73. The van der Waals surface area contributed by atoms with Gasteiger partial charge in [-0.05, 0) is 70.6 Å². The van der Waals surface area contributed by atoms with Crippen molar-refractivity contribution in [2.24, 2.45) is 5.10 Å². The Morgan fingerprint density at radius 2 is 1.73 bits per heavy atom. The Kier molecular flexibility index (Phi) is 8.98. The molecule has 4 aromatic rings. The minimum absolute atomic E-state index is 0.279. The molecule has 2 heterocycles. The summed E-state index contributed by atoms with van der Waals surface area (Å²) in [5.41, 5.74) is 4.94. The summed E-state index contributed by atoms with van der Waals surface area (Å²) in [7, 11) is 1.51. The van der Waals surface area contributed by atoms with Crippen LogP contribution in [0, 0.1) is 3.57 Å². The van der Waals surface area contributed by atoms with E-state index in [1.165, 1.54) is 7.11 Å². The van der Waals surface area contributed by atoms with Crippen molar-refractivity contribution in [2.45, 2.75) is 0 Å². The second-order valence-corrected chi connectivity index (χ2v) is 9.68. The molecule has 40 heavy (non-hydrogen) atoms. The number of aromatic nitrogens is 3. The van der Waals surface area contributed by atoms with Gasteiger partial charge in [0.05, 0.1) is 32.1 Å². The van der Waals surface area contributed by atoms with Crippen molar-refractivity contribution in [3.63, 3.8) is 0 Å². The zero-order valence-electron chi connectivity index (χ0n) is 21.6. The first-order valence-corrected chi connectivity index (χ1v) is 13.5. The first-order valence-electron chi connectivity index (χ1n) is 12.4. The zero-order valence-corrected chi connectivity index (χ0v) is 23.7. The van der Waals surface area contributed by atoms with E-state index in [1.807, 2.05) is 47.4 Å². The molecule has 2 N–H and O–H groups in total. The third kappa shape index (κ3) is 7.01. The summed E-state index contributed by atoms with van der Waals surface area (Å²) >= 11 is 2.10. The summed E-state index contributed by atoms with van der Waals surface area (Å²) in [6.45, 7) is 2.56. The summed E-state index contributed by atoms with van der Waals surface area (Å²) in [6.07, 6.45) is 1.59. The summed E-state index contributed by atoms with van der Waals surface area (Å²) in [5.74, 6) is 1.43. The SMILES string of the molecule is COc1cc(/C=N\Nc2nc(Nc3ccccc3)nc(N3CCOCC3)n2)ccc1OC(=O)c1ccccc1I. The van der Waals surface area contributed by atoms with Crippen molar-refractivity contribution in [3.8, 4) is 11.5 Å². The van der Waals surface area contributed by atoms with E-state index < -0.39 is 5.97 Å². The molecule has 0 amide bonds. The molecule has 1 aliphatic rings. The number of hydrazone groups is 1. The fraction of sp³-hybridized carbons (Fsp3) is 0.179. The average Bonchev–Trinajstić information content (AvgIpc) is 2.99. The van der Waals surface area contributed by atoms with Gasteiger partial charge in [-0.1, -0.05) is 30.3 Å².